The smallest absolute Gasteiger partial charge is 0.384 e. The van der Waals surface area contributed by atoms with Gasteiger partial charge in [0.2, 0.25) is 25.0 Å². The number of ether oxygens (including phenoxy) is 4. The lowest BCUT2D eigenvalue weighted by Crippen LogP contribution is -2.43. The summed E-state index contributed by atoms with van der Waals surface area (Å²) in [6.45, 7) is 38.0. The van der Waals surface area contributed by atoms with Crippen LogP contribution in [0.3, 0.4) is 0 Å². The zero-order chi connectivity index (χ0) is 40.8. The fourth-order valence-corrected chi connectivity index (χ4v) is 7.31. The second-order valence-corrected chi connectivity index (χ2v) is 34.5. The summed E-state index contributed by atoms with van der Waals surface area (Å²) >= 11 is 0. The van der Waals surface area contributed by atoms with Gasteiger partial charge in [0.25, 0.3) is 11.9 Å². The Kier molecular flexibility index (Phi) is 24.0. The molecule has 13 heteroatoms. The highest BCUT2D eigenvalue weighted by molar-refractivity contribution is 6.74. The van der Waals surface area contributed by atoms with E-state index in [1.54, 1.807) is 19.3 Å². The van der Waals surface area contributed by atoms with Gasteiger partial charge in [-0.3, -0.25) is 0 Å². The average Bonchev–Trinajstić information content (AvgIpc) is 2.95. The van der Waals surface area contributed by atoms with E-state index in [9.17, 15) is 4.79 Å². The van der Waals surface area contributed by atoms with E-state index in [2.05, 4.69) is 130 Å². The minimum atomic E-state index is -1.88. The summed E-state index contributed by atoms with van der Waals surface area (Å²) in [5.41, 5.74) is 0. The summed E-state index contributed by atoms with van der Waals surface area (Å²) in [6, 6.07) is 0. The Morgan fingerprint density at radius 3 is 1.69 bits per heavy atom. The maximum atomic E-state index is 11.5. The summed E-state index contributed by atoms with van der Waals surface area (Å²) < 4.78 is 43.5. The van der Waals surface area contributed by atoms with Crippen LogP contribution in [0.2, 0.25) is 77.1 Å². The minimum absolute atomic E-state index is 0.0937. The molecule has 298 valence electrons. The van der Waals surface area contributed by atoms with Crippen LogP contribution in [0.4, 0.5) is 0 Å². The highest BCUT2D eigenvalue weighted by Crippen LogP contribution is 2.37. The molecule has 9 nitrogen and oxygen atoms in total. The van der Waals surface area contributed by atoms with Crippen molar-refractivity contribution in [2.45, 2.75) is 130 Å². The van der Waals surface area contributed by atoms with Gasteiger partial charge in [0.1, 0.15) is 11.5 Å². The summed E-state index contributed by atoms with van der Waals surface area (Å²) in [5, 5.41) is 0.141. The van der Waals surface area contributed by atoms with E-state index in [0.717, 1.165) is 19.3 Å². The van der Waals surface area contributed by atoms with Crippen LogP contribution >= 0.6 is 0 Å². The SMILES string of the molecule is C=C(/C=C(\OC)O[Si](C)(C)C)O[Si](C)(C)C.C=C(C=C(OC)OC)O[Si](C)(C)C.CC(C)(C)[Si](C)(C)OC1/C=C/C=C\CCCCOC(=O)C#CC1. The van der Waals surface area contributed by atoms with Crippen LogP contribution in [0, 0.1) is 11.8 Å². The fourth-order valence-electron chi connectivity index (χ4n) is 3.60. The van der Waals surface area contributed by atoms with E-state index in [0.29, 0.717) is 36.4 Å². The topological polar surface area (TPSA) is 90.9 Å². The molecule has 1 unspecified atom stereocenters. The number of esters is 1. The van der Waals surface area contributed by atoms with Crippen LogP contribution in [-0.2, 0) is 41.4 Å². The minimum Gasteiger partial charge on any atom is -0.545 e. The van der Waals surface area contributed by atoms with Crippen molar-refractivity contribution in [1.82, 2.24) is 0 Å². The normalized spacial score (nSPS) is 17.2. The summed E-state index contributed by atoms with van der Waals surface area (Å²) in [7, 11) is -2.02. The molecule has 0 N–H and O–H groups in total. The van der Waals surface area contributed by atoms with Gasteiger partial charge >= 0.3 is 5.97 Å². The lowest BCUT2D eigenvalue weighted by Gasteiger charge is -2.38. The van der Waals surface area contributed by atoms with Gasteiger partial charge in [0, 0.05) is 12.3 Å². The van der Waals surface area contributed by atoms with Gasteiger partial charge in [0.05, 0.1) is 46.2 Å². The van der Waals surface area contributed by atoms with Gasteiger partial charge in [-0.15, -0.1) is 0 Å². The van der Waals surface area contributed by atoms with Crippen LogP contribution in [0.5, 0.6) is 0 Å². The molecule has 0 aromatic carbocycles. The molecule has 52 heavy (non-hydrogen) atoms. The van der Waals surface area contributed by atoms with Crippen LogP contribution in [0.1, 0.15) is 46.5 Å². The van der Waals surface area contributed by atoms with Crippen molar-refractivity contribution in [2.24, 2.45) is 0 Å². The Morgan fingerprint density at radius 1 is 0.769 bits per heavy atom. The van der Waals surface area contributed by atoms with Gasteiger partial charge < -0.3 is 36.7 Å². The second kappa shape index (κ2) is 24.4. The lowest BCUT2D eigenvalue weighted by atomic mass is 10.2. The maximum absolute atomic E-state index is 11.5. The second-order valence-electron chi connectivity index (χ2n) is 16.5. The number of hydrogen-bond acceptors (Lipinski definition) is 9. The van der Waals surface area contributed by atoms with Crippen LogP contribution in [-0.4, -0.2) is 73.3 Å². The van der Waals surface area contributed by atoms with Gasteiger partial charge in [0.15, 0.2) is 8.32 Å². The molecule has 0 spiro atoms. The fraction of sp³-hybridized carbons (Fsp3) is 0.615. The summed E-state index contributed by atoms with van der Waals surface area (Å²) in [6.07, 6.45) is 14.9. The molecular formula is C39H72O9Si4. The monoisotopic (exact) mass is 796 g/mol. The highest BCUT2D eigenvalue weighted by atomic mass is 28.4. The average molecular weight is 797 g/mol. The molecule has 0 fully saturated rings. The van der Waals surface area contributed by atoms with E-state index in [1.165, 1.54) is 14.2 Å². The van der Waals surface area contributed by atoms with Crippen molar-refractivity contribution < 1.29 is 41.4 Å². The number of cyclic esters (lactones) is 1. The van der Waals surface area contributed by atoms with Crippen molar-refractivity contribution in [3.8, 4) is 11.8 Å². The number of carbonyl (C=O) groups is 1. The van der Waals surface area contributed by atoms with E-state index in [1.807, 2.05) is 12.2 Å². The zero-order valence-corrected chi connectivity index (χ0v) is 39.7. The standard InChI is InChI=1S/C19H30O3Si.C11H24O3Si2.C9H18O3Si/c1-19(2,3)23(4,5)22-17-13-10-8-6-7-9-11-16-21-18(20)15-12-14-17;1-10(13-15(3,4)5)9-11(12-2)14-16(6,7)8;1-8(12-13(4,5)6)7-9(10-2)11-3/h6,8,10,13,17H,7,9,11,14,16H2,1-5H3;9H,1H2,2-8H3;7H,1H2,2-6H3/b8-6-,13-10+;11-9+;. The van der Waals surface area contributed by atoms with Crippen LogP contribution < -0.4 is 0 Å². The van der Waals surface area contributed by atoms with E-state index >= 15 is 0 Å². The molecule has 1 heterocycles. The zero-order valence-electron chi connectivity index (χ0n) is 35.7. The van der Waals surface area contributed by atoms with Crippen LogP contribution in [0.15, 0.2) is 73.0 Å². The molecule has 0 aromatic rings. The first-order valence-corrected chi connectivity index (χ1v) is 30.9. The van der Waals surface area contributed by atoms with Crippen molar-refractivity contribution in [2.75, 3.05) is 27.9 Å². The number of hydrogen-bond donors (Lipinski definition) is 0. The first kappa shape index (κ1) is 51.2. The number of rotatable bonds is 13. The molecular weight excluding hydrogens is 725 g/mol. The largest absolute Gasteiger partial charge is 0.545 e. The molecule has 0 saturated carbocycles. The molecule has 0 amide bonds. The molecule has 0 saturated heterocycles. The van der Waals surface area contributed by atoms with Gasteiger partial charge in [-0.25, -0.2) is 4.79 Å². The number of carbonyl (C=O) groups excluding carboxylic acids is 1. The van der Waals surface area contributed by atoms with Gasteiger partial charge in [-0.2, -0.15) is 0 Å². The Bertz CT molecular complexity index is 1270. The molecule has 0 radical (unpaired) electrons. The molecule has 0 bridgehead atoms. The first-order chi connectivity index (χ1) is 23.6. The van der Waals surface area contributed by atoms with Crippen molar-refractivity contribution in [3.05, 3.63) is 73.0 Å². The molecule has 1 aliphatic heterocycles. The van der Waals surface area contributed by atoms with E-state index < -0.39 is 39.2 Å². The Hall–Kier alpha value is -2.90. The third kappa shape index (κ3) is 29.7. The van der Waals surface area contributed by atoms with Crippen molar-refractivity contribution in [1.29, 1.82) is 0 Å². The molecule has 1 atom stereocenters. The van der Waals surface area contributed by atoms with E-state index in [4.69, 9.17) is 36.7 Å². The predicted molar refractivity (Wildman–Crippen MR) is 226 cm³/mol. The van der Waals surface area contributed by atoms with E-state index in [-0.39, 0.29) is 11.1 Å². The third-order valence-electron chi connectivity index (χ3n) is 6.76. The summed E-state index contributed by atoms with van der Waals surface area (Å²) in [4.78, 5) is 11.5. The highest BCUT2D eigenvalue weighted by Gasteiger charge is 2.38. The molecule has 1 aliphatic rings. The molecule has 0 aromatic heterocycles. The van der Waals surface area contributed by atoms with Crippen molar-refractivity contribution in [3.63, 3.8) is 0 Å². The Morgan fingerprint density at radius 2 is 1.25 bits per heavy atom. The van der Waals surface area contributed by atoms with Gasteiger partial charge in [-0.1, -0.05) is 64.2 Å². The lowest BCUT2D eigenvalue weighted by molar-refractivity contribution is -0.136. The predicted octanol–water partition coefficient (Wildman–Crippen LogP) is 10.8. The Labute approximate surface area is 322 Å². The number of methoxy groups -OCH3 is 3. The maximum Gasteiger partial charge on any atom is 0.384 e. The molecule has 1 rings (SSSR count). The molecule has 0 aliphatic carbocycles. The number of allylic oxidation sites excluding steroid dienone is 5. The first-order valence-electron chi connectivity index (χ1n) is 17.8. The Balaban J connectivity index is 0. The van der Waals surface area contributed by atoms with Crippen molar-refractivity contribution >= 4 is 39.2 Å². The third-order valence-corrected chi connectivity index (χ3v) is 13.8. The van der Waals surface area contributed by atoms with Crippen LogP contribution in [0.25, 0.3) is 0 Å². The quantitative estimate of drug-likeness (QED) is 0.0451. The summed E-state index contributed by atoms with van der Waals surface area (Å²) in [5.74, 6) is 7.12. The van der Waals surface area contributed by atoms with Gasteiger partial charge in [-0.05, 0) is 96.3 Å².